The molecule has 0 unspecified atom stereocenters. The van der Waals surface area contributed by atoms with E-state index in [-0.39, 0.29) is 5.91 Å². The van der Waals surface area contributed by atoms with Gasteiger partial charge in [-0.3, -0.25) is 4.79 Å². The summed E-state index contributed by atoms with van der Waals surface area (Å²) in [6.45, 7) is 2.02. The minimum Gasteiger partial charge on any atom is -0.358 e. The van der Waals surface area contributed by atoms with E-state index in [1.807, 2.05) is 31.2 Å². The van der Waals surface area contributed by atoms with E-state index in [1.165, 1.54) is 23.1 Å². The molecule has 0 spiro atoms. The summed E-state index contributed by atoms with van der Waals surface area (Å²) in [7, 11) is 1.62. The summed E-state index contributed by atoms with van der Waals surface area (Å²) in [4.78, 5) is 11.2. The van der Waals surface area contributed by atoms with Crippen LogP contribution in [0, 0.1) is 10.9 Å². The number of amides is 1. The number of hydrogen-bond donors (Lipinski definition) is 1. The second-order valence-electron chi connectivity index (χ2n) is 3.79. The van der Waals surface area contributed by atoms with Gasteiger partial charge in [-0.1, -0.05) is 41.3 Å². The van der Waals surface area contributed by atoms with Crippen LogP contribution in [-0.4, -0.2) is 28.5 Å². The van der Waals surface area contributed by atoms with Gasteiger partial charge in [-0.25, -0.2) is 4.68 Å². The van der Waals surface area contributed by atoms with Gasteiger partial charge in [-0.2, -0.15) is 0 Å². The molecule has 0 saturated heterocycles. The maximum atomic E-state index is 11.2. The van der Waals surface area contributed by atoms with Gasteiger partial charge in [0.2, 0.25) is 5.91 Å². The lowest BCUT2D eigenvalue weighted by Crippen LogP contribution is -2.19. The molecule has 0 aliphatic heterocycles. The number of aryl methyl sites for hydroxylation is 1. The Morgan fingerprint density at radius 1 is 1.53 bits per heavy atom. The Balaban J connectivity index is 2.25. The number of rotatable bonds is 4. The molecular weight excluding hydrogens is 298 g/mol. The lowest BCUT2D eigenvalue weighted by Gasteiger charge is -2.03. The third-order valence-electron chi connectivity index (χ3n) is 2.48. The van der Waals surface area contributed by atoms with Crippen molar-refractivity contribution in [3.05, 3.63) is 33.8 Å². The van der Waals surface area contributed by atoms with Crippen LogP contribution in [0.1, 0.15) is 5.56 Å². The summed E-state index contributed by atoms with van der Waals surface area (Å²) in [6, 6.07) is 7.95. The minimum atomic E-state index is -0.0199. The molecule has 100 valence electrons. The van der Waals surface area contributed by atoms with E-state index in [1.54, 1.807) is 11.7 Å². The number of carbonyl (C=O) groups excluding carboxylic acids is 1. The third-order valence-corrected chi connectivity index (χ3v) is 4.84. The predicted octanol–water partition coefficient (Wildman–Crippen LogP) is 2.81. The smallest absolute Gasteiger partial charge is 0.230 e. The highest BCUT2D eigenvalue weighted by Crippen LogP contribution is 2.24. The molecule has 2 aromatic rings. The minimum absolute atomic E-state index is 0.0199. The van der Waals surface area contributed by atoms with E-state index < -0.39 is 0 Å². The van der Waals surface area contributed by atoms with Crippen LogP contribution < -0.4 is 5.32 Å². The van der Waals surface area contributed by atoms with Crippen molar-refractivity contribution in [3.63, 3.8) is 0 Å². The summed E-state index contributed by atoms with van der Waals surface area (Å²) in [5.74, 6) is 0.334. The molecule has 7 heteroatoms. The Bertz CT molecular complexity index is 648. The summed E-state index contributed by atoms with van der Waals surface area (Å²) in [5, 5.41) is 7.04. The van der Waals surface area contributed by atoms with Crippen molar-refractivity contribution in [1.82, 2.24) is 15.1 Å². The molecule has 0 radical (unpaired) electrons. The number of para-hydroxylation sites is 1. The Morgan fingerprint density at radius 3 is 2.95 bits per heavy atom. The molecule has 0 atom stereocenters. The zero-order chi connectivity index (χ0) is 13.8. The first kappa shape index (κ1) is 14.2. The van der Waals surface area contributed by atoms with E-state index in [9.17, 15) is 4.79 Å². The largest absolute Gasteiger partial charge is 0.358 e. The van der Waals surface area contributed by atoms with Crippen molar-refractivity contribution in [3.8, 4) is 5.69 Å². The summed E-state index contributed by atoms with van der Waals surface area (Å²) in [6.07, 6.45) is 0. The molecule has 1 amide bonds. The van der Waals surface area contributed by atoms with Crippen molar-refractivity contribution in [2.45, 2.75) is 11.3 Å². The van der Waals surface area contributed by atoms with Crippen LogP contribution in [-0.2, 0) is 4.79 Å². The number of thioether (sulfide) groups is 1. The Hall–Kier alpha value is -1.18. The highest BCUT2D eigenvalue weighted by atomic mass is 32.2. The highest BCUT2D eigenvalue weighted by Gasteiger charge is 2.09. The van der Waals surface area contributed by atoms with E-state index >= 15 is 0 Å². The number of nitrogens with zero attached hydrogens (tertiary/aromatic N) is 2. The number of carbonyl (C=O) groups is 1. The van der Waals surface area contributed by atoms with E-state index in [0.717, 1.165) is 15.6 Å². The quantitative estimate of drug-likeness (QED) is 0.697. The summed E-state index contributed by atoms with van der Waals surface area (Å²) in [5.41, 5.74) is 2.10. The molecule has 0 aliphatic rings. The van der Waals surface area contributed by atoms with Gasteiger partial charge in [0.1, 0.15) is 0 Å². The molecular formula is C12H13N3OS3. The highest BCUT2D eigenvalue weighted by molar-refractivity contribution is 8.01. The predicted molar refractivity (Wildman–Crippen MR) is 81.8 cm³/mol. The van der Waals surface area contributed by atoms with Crippen molar-refractivity contribution >= 4 is 41.2 Å². The fourth-order valence-corrected chi connectivity index (χ4v) is 3.69. The molecule has 1 N–H and O–H groups in total. The molecule has 0 bridgehead atoms. The molecule has 0 fully saturated rings. The van der Waals surface area contributed by atoms with Crippen molar-refractivity contribution < 1.29 is 4.79 Å². The molecule has 1 aromatic heterocycles. The zero-order valence-electron chi connectivity index (χ0n) is 10.5. The first-order valence-corrected chi connectivity index (χ1v) is 7.82. The number of hydrogen-bond acceptors (Lipinski definition) is 5. The molecule has 4 nitrogen and oxygen atoms in total. The van der Waals surface area contributed by atoms with Crippen LogP contribution in [0.4, 0.5) is 0 Å². The first-order chi connectivity index (χ1) is 9.11. The topological polar surface area (TPSA) is 46.9 Å². The monoisotopic (exact) mass is 311 g/mol. The zero-order valence-corrected chi connectivity index (χ0v) is 13.0. The van der Waals surface area contributed by atoms with Crippen molar-refractivity contribution in [1.29, 1.82) is 0 Å². The molecule has 0 saturated carbocycles. The summed E-state index contributed by atoms with van der Waals surface area (Å²) < 4.78 is 3.24. The normalized spacial score (nSPS) is 10.4. The van der Waals surface area contributed by atoms with Crippen molar-refractivity contribution in [2.75, 3.05) is 12.8 Å². The average Bonchev–Trinajstić information content (AvgIpc) is 2.77. The average molecular weight is 311 g/mol. The molecule has 1 aromatic carbocycles. The summed E-state index contributed by atoms with van der Waals surface area (Å²) >= 11 is 8.14. The lowest BCUT2D eigenvalue weighted by molar-refractivity contribution is -0.118. The fourth-order valence-electron chi connectivity index (χ4n) is 1.47. The standard InChI is InChI=1S/C12H13N3OS3/c1-8-5-3-4-6-9(8)15-12(17)19-11(14-15)18-7-10(16)13-2/h3-6H,7H2,1-2H3,(H,13,16). The van der Waals surface area contributed by atoms with E-state index in [4.69, 9.17) is 12.2 Å². The van der Waals surface area contributed by atoms with Gasteiger partial charge in [0, 0.05) is 7.05 Å². The number of benzene rings is 1. The Morgan fingerprint density at radius 2 is 2.26 bits per heavy atom. The van der Waals surface area contributed by atoms with Gasteiger partial charge in [0.05, 0.1) is 11.4 Å². The van der Waals surface area contributed by atoms with Crippen LogP contribution >= 0.6 is 35.3 Å². The van der Waals surface area contributed by atoms with Crippen molar-refractivity contribution in [2.24, 2.45) is 0 Å². The SMILES string of the molecule is CNC(=O)CSc1nn(-c2ccccc2C)c(=S)s1. The molecule has 19 heavy (non-hydrogen) atoms. The fraction of sp³-hybridized carbons (Fsp3) is 0.250. The maximum absolute atomic E-state index is 11.2. The Kier molecular flexibility index (Phi) is 4.73. The second-order valence-corrected chi connectivity index (χ2v) is 6.64. The van der Waals surface area contributed by atoms with Crippen LogP contribution in [0.25, 0.3) is 5.69 Å². The second kappa shape index (κ2) is 6.31. The number of nitrogens with one attached hydrogen (secondary N) is 1. The van der Waals surface area contributed by atoms with Gasteiger partial charge in [0.15, 0.2) is 8.29 Å². The van der Waals surface area contributed by atoms with Gasteiger partial charge in [-0.05, 0) is 30.8 Å². The molecule has 2 rings (SSSR count). The Labute approximate surface area is 124 Å². The lowest BCUT2D eigenvalue weighted by atomic mass is 10.2. The third kappa shape index (κ3) is 3.43. The van der Waals surface area contributed by atoms with Gasteiger partial charge in [-0.15, -0.1) is 5.10 Å². The van der Waals surface area contributed by atoms with Crippen LogP contribution in [0.2, 0.25) is 0 Å². The van der Waals surface area contributed by atoms with Gasteiger partial charge >= 0.3 is 0 Å². The van der Waals surface area contributed by atoms with Crippen LogP contribution in [0.5, 0.6) is 0 Å². The maximum Gasteiger partial charge on any atom is 0.230 e. The van der Waals surface area contributed by atoms with Crippen LogP contribution in [0.3, 0.4) is 0 Å². The van der Waals surface area contributed by atoms with Gasteiger partial charge < -0.3 is 5.32 Å². The van der Waals surface area contributed by atoms with E-state index in [0.29, 0.717) is 9.71 Å². The molecule has 0 aliphatic carbocycles. The van der Waals surface area contributed by atoms with Gasteiger partial charge in [0.25, 0.3) is 0 Å². The van der Waals surface area contributed by atoms with E-state index in [2.05, 4.69) is 10.4 Å². The molecule has 1 heterocycles. The van der Waals surface area contributed by atoms with Crippen LogP contribution in [0.15, 0.2) is 28.6 Å². The number of aromatic nitrogens is 2. The first-order valence-electron chi connectivity index (χ1n) is 5.61.